The fourth-order valence-electron chi connectivity index (χ4n) is 1.80. The van der Waals surface area contributed by atoms with E-state index >= 15 is 0 Å². The molecule has 0 aromatic rings. The summed E-state index contributed by atoms with van der Waals surface area (Å²) >= 11 is 0. The molecule has 0 saturated heterocycles. The predicted octanol–water partition coefficient (Wildman–Crippen LogP) is 2.02. The Kier molecular flexibility index (Phi) is 2.85. The monoisotopic (exact) mass is 178 g/mol. The van der Waals surface area contributed by atoms with Crippen molar-refractivity contribution in [3.05, 3.63) is 0 Å². The highest BCUT2D eigenvalue weighted by Gasteiger charge is 2.28. The first-order valence-electron chi connectivity index (χ1n) is 5.48. The van der Waals surface area contributed by atoms with Crippen molar-refractivity contribution in [1.82, 2.24) is 4.90 Å². The van der Waals surface area contributed by atoms with Gasteiger partial charge in [-0.25, -0.2) is 0 Å². The maximum Gasteiger partial charge on any atom is 0.0635 e. The second-order valence-electron chi connectivity index (χ2n) is 4.55. The van der Waals surface area contributed by atoms with Crippen LogP contribution in [-0.4, -0.2) is 24.5 Å². The van der Waals surface area contributed by atoms with Crippen molar-refractivity contribution in [2.45, 2.75) is 32.1 Å². The van der Waals surface area contributed by atoms with Crippen molar-refractivity contribution in [3.63, 3.8) is 0 Å². The predicted molar refractivity (Wildman–Crippen MR) is 52.1 cm³/mol. The third kappa shape index (κ3) is 3.36. The molecule has 0 amide bonds. The molecule has 0 N–H and O–H groups in total. The lowest BCUT2D eigenvalue weighted by molar-refractivity contribution is 0.258. The molecule has 0 spiro atoms. The van der Waals surface area contributed by atoms with Crippen LogP contribution in [0.25, 0.3) is 0 Å². The van der Waals surface area contributed by atoms with Gasteiger partial charge in [0.15, 0.2) is 0 Å². The van der Waals surface area contributed by atoms with E-state index < -0.39 is 0 Å². The Morgan fingerprint density at radius 1 is 1.08 bits per heavy atom. The van der Waals surface area contributed by atoms with Gasteiger partial charge >= 0.3 is 0 Å². The topological polar surface area (TPSA) is 27.0 Å². The fourth-order valence-corrected chi connectivity index (χ4v) is 1.80. The van der Waals surface area contributed by atoms with Crippen LogP contribution in [-0.2, 0) is 0 Å². The van der Waals surface area contributed by atoms with Crippen molar-refractivity contribution in [2.75, 3.05) is 19.6 Å². The maximum absolute atomic E-state index is 8.54. The molecule has 72 valence electrons. The Bertz CT molecular complexity index is 185. The standard InChI is InChI=1S/C11H18N2/c12-6-1-7-13(8-10-2-3-10)9-11-4-5-11/h10-11H,1-5,7-9H2. The molecule has 2 heteroatoms. The molecule has 0 radical (unpaired) electrons. The lowest BCUT2D eigenvalue weighted by atomic mass is 10.3. The zero-order valence-electron chi connectivity index (χ0n) is 8.21. The summed E-state index contributed by atoms with van der Waals surface area (Å²) in [5, 5.41) is 8.54. The molecule has 0 aromatic carbocycles. The van der Waals surface area contributed by atoms with Gasteiger partial charge in [-0.1, -0.05) is 0 Å². The van der Waals surface area contributed by atoms with E-state index in [1.54, 1.807) is 0 Å². The highest BCUT2D eigenvalue weighted by atomic mass is 15.1. The molecular formula is C11H18N2. The average Bonchev–Trinajstić information content (AvgIpc) is 2.94. The summed E-state index contributed by atoms with van der Waals surface area (Å²) in [7, 11) is 0. The molecule has 2 nitrogen and oxygen atoms in total. The van der Waals surface area contributed by atoms with Gasteiger partial charge in [0.2, 0.25) is 0 Å². The van der Waals surface area contributed by atoms with Crippen LogP contribution in [0.5, 0.6) is 0 Å². The minimum Gasteiger partial charge on any atom is -0.302 e. The van der Waals surface area contributed by atoms with Crippen LogP contribution in [0.3, 0.4) is 0 Å². The molecule has 0 bridgehead atoms. The quantitative estimate of drug-likeness (QED) is 0.622. The summed E-state index contributed by atoms with van der Waals surface area (Å²) in [4.78, 5) is 2.51. The van der Waals surface area contributed by atoms with E-state index in [0.717, 1.165) is 18.4 Å². The molecule has 0 aromatic heterocycles. The lowest BCUT2D eigenvalue weighted by Crippen LogP contribution is -2.29. The van der Waals surface area contributed by atoms with Crippen LogP contribution < -0.4 is 0 Å². The van der Waals surface area contributed by atoms with Crippen LogP contribution in [0.15, 0.2) is 0 Å². The summed E-state index contributed by atoms with van der Waals surface area (Å²) in [5.41, 5.74) is 0. The van der Waals surface area contributed by atoms with Gasteiger partial charge in [0, 0.05) is 26.1 Å². The molecule has 2 rings (SSSR count). The third-order valence-corrected chi connectivity index (χ3v) is 2.97. The van der Waals surface area contributed by atoms with E-state index in [4.69, 9.17) is 5.26 Å². The van der Waals surface area contributed by atoms with Gasteiger partial charge in [-0.15, -0.1) is 0 Å². The molecule has 0 heterocycles. The molecule has 2 aliphatic rings. The van der Waals surface area contributed by atoms with Gasteiger partial charge in [0.05, 0.1) is 6.07 Å². The number of hydrogen-bond donors (Lipinski definition) is 0. The van der Waals surface area contributed by atoms with E-state index in [-0.39, 0.29) is 0 Å². The van der Waals surface area contributed by atoms with Gasteiger partial charge < -0.3 is 4.90 Å². The Morgan fingerprint density at radius 3 is 2.00 bits per heavy atom. The van der Waals surface area contributed by atoms with E-state index in [2.05, 4.69) is 11.0 Å². The van der Waals surface area contributed by atoms with Gasteiger partial charge in [0.1, 0.15) is 0 Å². The SMILES string of the molecule is N#CCCN(CC1CC1)CC1CC1. The third-order valence-electron chi connectivity index (χ3n) is 2.97. The highest BCUT2D eigenvalue weighted by molar-refractivity contribution is 4.83. The molecule has 2 aliphatic carbocycles. The van der Waals surface area contributed by atoms with Crippen LogP contribution in [0.1, 0.15) is 32.1 Å². The van der Waals surface area contributed by atoms with Crippen molar-refractivity contribution >= 4 is 0 Å². The first-order valence-corrected chi connectivity index (χ1v) is 5.48. The van der Waals surface area contributed by atoms with Crippen LogP contribution in [0.4, 0.5) is 0 Å². The maximum atomic E-state index is 8.54. The van der Waals surface area contributed by atoms with Crippen LogP contribution in [0.2, 0.25) is 0 Å². The first-order chi connectivity index (χ1) is 6.38. The molecule has 2 fully saturated rings. The smallest absolute Gasteiger partial charge is 0.0635 e. The van der Waals surface area contributed by atoms with Crippen LogP contribution >= 0.6 is 0 Å². The molecule has 0 aliphatic heterocycles. The van der Waals surface area contributed by atoms with Crippen molar-refractivity contribution in [2.24, 2.45) is 11.8 Å². The second kappa shape index (κ2) is 4.11. The largest absolute Gasteiger partial charge is 0.302 e. The zero-order chi connectivity index (χ0) is 9.10. The van der Waals surface area contributed by atoms with E-state index in [1.165, 1.54) is 38.8 Å². The van der Waals surface area contributed by atoms with E-state index in [1.807, 2.05) is 0 Å². The number of nitriles is 1. The van der Waals surface area contributed by atoms with Crippen molar-refractivity contribution in [1.29, 1.82) is 5.26 Å². The molecular weight excluding hydrogens is 160 g/mol. The summed E-state index contributed by atoms with van der Waals surface area (Å²) in [6, 6.07) is 2.24. The zero-order valence-corrected chi connectivity index (χ0v) is 8.21. The Morgan fingerprint density at radius 2 is 1.62 bits per heavy atom. The summed E-state index contributed by atoms with van der Waals surface area (Å²) in [6.45, 7) is 3.53. The molecule has 0 unspecified atom stereocenters. The average molecular weight is 178 g/mol. The van der Waals surface area contributed by atoms with Crippen LogP contribution in [0, 0.1) is 23.2 Å². The van der Waals surface area contributed by atoms with Gasteiger partial charge in [-0.05, 0) is 37.5 Å². The fraction of sp³-hybridized carbons (Fsp3) is 0.909. The lowest BCUT2D eigenvalue weighted by Gasteiger charge is -2.20. The summed E-state index contributed by atoms with van der Waals surface area (Å²) in [6.07, 6.45) is 6.41. The first kappa shape index (κ1) is 9.02. The van der Waals surface area contributed by atoms with Crippen molar-refractivity contribution in [3.8, 4) is 6.07 Å². The van der Waals surface area contributed by atoms with Gasteiger partial charge in [-0.3, -0.25) is 0 Å². The number of nitrogens with zero attached hydrogens (tertiary/aromatic N) is 2. The van der Waals surface area contributed by atoms with E-state index in [9.17, 15) is 0 Å². The normalized spacial score (nSPS) is 21.8. The Labute approximate surface area is 80.5 Å². The Hall–Kier alpha value is -0.550. The van der Waals surface area contributed by atoms with Gasteiger partial charge in [0.25, 0.3) is 0 Å². The molecule has 13 heavy (non-hydrogen) atoms. The second-order valence-corrected chi connectivity index (χ2v) is 4.55. The van der Waals surface area contributed by atoms with E-state index in [0.29, 0.717) is 6.42 Å². The number of rotatable bonds is 6. The number of hydrogen-bond acceptors (Lipinski definition) is 2. The molecule has 0 atom stereocenters. The van der Waals surface area contributed by atoms with Gasteiger partial charge in [-0.2, -0.15) is 5.26 Å². The molecule has 2 saturated carbocycles. The Balaban J connectivity index is 1.68. The minimum absolute atomic E-state index is 0.708. The highest BCUT2D eigenvalue weighted by Crippen LogP contribution is 2.33. The minimum atomic E-state index is 0.708. The summed E-state index contributed by atoms with van der Waals surface area (Å²) < 4.78 is 0. The summed E-state index contributed by atoms with van der Waals surface area (Å²) in [5.74, 6) is 1.94. The van der Waals surface area contributed by atoms with Crippen molar-refractivity contribution < 1.29 is 0 Å².